The standard InChI is InChI=1S/C8H13.Al.2H/c1-2-8-6-4-3-5-7-8;;;/h3-4,8H,1-2,5-7H2;;;. The summed E-state index contributed by atoms with van der Waals surface area (Å²) in [4.78, 5) is 0. The van der Waals surface area contributed by atoms with Gasteiger partial charge in [0.05, 0.1) is 0 Å². The molecule has 1 aliphatic carbocycles. The molecule has 0 aromatic carbocycles. The van der Waals surface area contributed by atoms with Gasteiger partial charge in [0.15, 0.2) is 0 Å². The van der Waals surface area contributed by atoms with E-state index in [9.17, 15) is 0 Å². The van der Waals surface area contributed by atoms with Gasteiger partial charge < -0.3 is 0 Å². The summed E-state index contributed by atoms with van der Waals surface area (Å²) in [5.74, 6) is 1.05. The molecule has 0 bridgehead atoms. The molecule has 0 saturated carbocycles. The molecule has 0 spiro atoms. The van der Waals surface area contributed by atoms with E-state index in [0.29, 0.717) is 0 Å². The van der Waals surface area contributed by atoms with E-state index in [1.807, 2.05) is 0 Å². The fraction of sp³-hybridized carbons (Fsp3) is 0.750. The fourth-order valence-electron chi connectivity index (χ4n) is 1.53. The van der Waals surface area contributed by atoms with Crippen molar-refractivity contribution in [1.29, 1.82) is 0 Å². The van der Waals surface area contributed by atoms with Gasteiger partial charge in [0.1, 0.15) is 0 Å². The molecular weight excluding hydrogens is 123 g/mol. The van der Waals surface area contributed by atoms with Crippen LogP contribution in [0, 0.1) is 5.92 Å². The van der Waals surface area contributed by atoms with Crippen molar-refractivity contribution in [2.24, 2.45) is 5.92 Å². The second-order valence-corrected chi connectivity index (χ2v) is 3.94. The highest BCUT2D eigenvalue weighted by molar-refractivity contribution is 6.08. The Morgan fingerprint density at radius 3 is 2.89 bits per heavy atom. The normalized spacial score (nSPS) is 26.4. The molecule has 0 N–H and O–H groups in total. The summed E-state index contributed by atoms with van der Waals surface area (Å²) >= 11 is 1.40. The molecule has 0 aliphatic heterocycles. The molecule has 0 nitrogen and oxygen atoms in total. The highest BCUT2D eigenvalue weighted by Gasteiger charge is 2.06. The molecule has 0 saturated heterocycles. The summed E-state index contributed by atoms with van der Waals surface area (Å²) in [5.41, 5.74) is 0. The van der Waals surface area contributed by atoms with Crippen LogP contribution < -0.4 is 0 Å². The van der Waals surface area contributed by atoms with Gasteiger partial charge in [-0.3, -0.25) is 0 Å². The number of hydrogen-bond acceptors (Lipinski definition) is 0. The van der Waals surface area contributed by atoms with Crippen LogP contribution in [0.25, 0.3) is 0 Å². The summed E-state index contributed by atoms with van der Waals surface area (Å²) < 4.78 is 0. The third-order valence-corrected chi connectivity index (χ3v) is 2.65. The van der Waals surface area contributed by atoms with E-state index in [2.05, 4.69) is 12.2 Å². The van der Waals surface area contributed by atoms with E-state index in [1.54, 1.807) is 0 Å². The Bertz CT molecular complexity index is 96.7. The zero-order valence-electron chi connectivity index (χ0n) is 6.27. The van der Waals surface area contributed by atoms with E-state index >= 15 is 0 Å². The van der Waals surface area contributed by atoms with Crippen molar-refractivity contribution < 1.29 is 0 Å². The highest BCUT2D eigenvalue weighted by atomic mass is 27.0. The minimum absolute atomic E-state index is 1.05. The lowest BCUT2D eigenvalue weighted by Crippen LogP contribution is -2.01. The van der Waals surface area contributed by atoms with Crippen molar-refractivity contribution in [3.05, 3.63) is 12.2 Å². The van der Waals surface area contributed by atoms with Crippen LogP contribution in [0.3, 0.4) is 0 Å². The first-order valence-electron chi connectivity index (χ1n) is 4.08. The Hall–Kier alpha value is 0.272. The Balaban J connectivity index is 2.18. The van der Waals surface area contributed by atoms with E-state index in [4.69, 9.17) is 0 Å². The minimum Gasteiger partial charge on any atom is -0.101 e. The van der Waals surface area contributed by atoms with Gasteiger partial charge in [0.25, 0.3) is 0 Å². The predicted molar refractivity (Wildman–Crippen MR) is 44.4 cm³/mol. The molecule has 1 rings (SSSR count). The van der Waals surface area contributed by atoms with Crippen LogP contribution in [0.2, 0.25) is 5.28 Å². The maximum absolute atomic E-state index is 2.35. The third-order valence-electron chi connectivity index (χ3n) is 2.07. The van der Waals surface area contributed by atoms with Crippen molar-refractivity contribution in [3.63, 3.8) is 0 Å². The lowest BCUT2D eigenvalue weighted by Gasteiger charge is -2.15. The predicted octanol–water partition coefficient (Wildman–Crippen LogP) is 1.78. The van der Waals surface area contributed by atoms with Crippen molar-refractivity contribution in [1.82, 2.24) is 0 Å². The van der Waals surface area contributed by atoms with Crippen LogP contribution in [0.1, 0.15) is 25.7 Å². The lowest BCUT2D eigenvalue weighted by molar-refractivity contribution is 0.465. The Morgan fingerprint density at radius 1 is 1.44 bits per heavy atom. The van der Waals surface area contributed by atoms with Gasteiger partial charge in [-0.25, -0.2) is 0 Å². The fourth-order valence-corrected chi connectivity index (χ4v) is 2.34. The molecule has 0 amide bonds. The molecule has 1 heteroatoms. The van der Waals surface area contributed by atoms with Gasteiger partial charge in [-0.2, -0.15) is 0 Å². The smallest absolute Gasteiger partial charge is 0.101 e. The van der Waals surface area contributed by atoms with Crippen molar-refractivity contribution in [2.45, 2.75) is 31.0 Å². The van der Waals surface area contributed by atoms with Gasteiger partial charge in [-0.1, -0.05) is 18.6 Å². The molecule has 1 unspecified atom stereocenters. The lowest BCUT2D eigenvalue weighted by atomic mass is 9.92. The molecule has 0 aromatic rings. The molecule has 50 valence electrons. The molecule has 1 aliphatic rings. The third kappa shape index (κ3) is 2.56. The second-order valence-electron chi connectivity index (χ2n) is 2.94. The Kier molecular flexibility index (Phi) is 3.40. The second kappa shape index (κ2) is 4.15. The van der Waals surface area contributed by atoms with Crippen LogP contribution >= 0.6 is 0 Å². The van der Waals surface area contributed by atoms with Gasteiger partial charge in [-0.15, -0.1) is 5.28 Å². The summed E-state index contributed by atoms with van der Waals surface area (Å²) in [6.07, 6.45) is 10.3. The first kappa shape index (κ1) is 7.38. The van der Waals surface area contributed by atoms with Crippen LogP contribution in [-0.2, 0) is 0 Å². The van der Waals surface area contributed by atoms with Gasteiger partial charge in [-0.05, 0) is 25.2 Å². The number of allylic oxidation sites excluding steroid dienone is 2. The largest absolute Gasteiger partial charge is 0.211 e. The van der Waals surface area contributed by atoms with Crippen LogP contribution in [0.15, 0.2) is 12.2 Å². The van der Waals surface area contributed by atoms with E-state index in [0.717, 1.165) is 5.92 Å². The maximum Gasteiger partial charge on any atom is 0.211 e. The first-order chi connectivity index (χ1) is 4.43. The average molecular weight is 138 g/mol. The number of rotatable bonds is 2. The van der Waals surface area contributed by atoms with Crippen LogP contribution in [0.4, 0.5) is 0 Å². The van der Waals surface area contributed by atoms with E-state index < -0.39 is 0 Å². The summed E-state index contributed by atoms with van der Waals surface area (Å²) in [5, 5.41) is 1.50. The summed E-state index contributed by atoms with van der Waals surface area (Å²) in [6.45, 7) is 0. The van der Waals surface area contributed by atoms with E-state index in [-0.39, 0.29) is 0 Å². The zero-order chi connectivity index (χ0) is 6.53. The Morgan fingerprint density at radius 2 is 2.33 bits per heavy atom. The minimum atomic E-state index is 1.05. The van der Waals surface area contributed by atoms with Crippen LogP contribution in [-0.4, -0.2) is 16.3 Å². The molecule has 0 heterocycles. The zero-order valence-corrected chi connectivity index (χ0v) is 8.27. The molecule has 0 radical (unpaired) electrons. The first-order valence-corrected chi connectivity index (χ1v) is 5.50. The quantitative estimate of drug-likeness (QED) is 0.403. The molecule has 1 atom stereocenters. The van der Waals surface area contributed by atoms with Crippen molar-refractivity contribution in [2.75, 3.05) is 0 Å². The molecule has 9 heavy (non-hydrogen) atoms. The van der Waals surface area contributed by atoms with Crippen molar-refractivity contribution in [3.8, 4) is 0 Å². The summed E-state index contributed by atoms with van der Waals surface area (Å²) in [7, 11) is 0. The highest BCUT2D eigenvalue weighted by Crippen LogP contribution is 2.21. The van der Waals surface area contributed by atoms with Gasteiger partial charge >= 0.3 is 0 Å². The Labute approximate surface area is 65.8 Å². The molecule has 0 fully saturated rings. The molecule has 0 aromatic heterocycles. The monoisotopic (exact) mass is 138 g/mol. The molecular formula is C8H15Al. The van der Waals surface area contributed by atoms with Crippen molar-refractivity contribution >= 4 is 16.3 Å². The van der Waals surface area contributed by atoms with Crippen LogP contribution in [0.5, 0.6) is 0 Å². The van der Waals surface area contributed by atoms with Gasteiger partial charge in [0.2, 0.25) is 16.3 Å². The maximum atomic E-state index is 2.35. The topological polar surface area (TPSA) is 0 Å². The van der Waals surface area contributed by atoms with Gasteiger partial charge in [0, 0.05) is 0 Å². The summed E-state index contributed by atoms with van der Waals surface area (Å²) in [6, 6.07) is 0. The average Bonchev–Trinajstić information content (AvgIpc) is 1.91. The van der Waals surface area contributed by atoms with E-state index in [1.165, 1.54) is 47.3 Å². The number of hydrogen-bond donors (Lipinski definition) is 0. The SMILES string of the molecule is [AlH2][CH2]CC1CC=CCC1.